The Balaban J connectivity index is 1.45. The monoisotopic (exact) mass is 417 g/mol. The van der Waals surface area contributed by atoms with Crippen LogP contribution >= 0.6 is 0 Å². The largest absolute Gasteiger partial charge is 0.419 e. The van der Waals surface area contributed by atoms with E-state index in [1.54, 1.807) is 0 Å². The average molecular weight is 417 g/mol. The Morgan fingerprint density at radius 1 is 0.812 bits per heavy atom. The van der Waals surface area contributed by atoms with Gasteiger partial charge in [0.2, 0.25) is 11.8 Å². The van der Waals surface area contributed by atoms with Gasteiger partial charge in [-0.05, 0) is 36.3 Å². The van der Waals surface area contributed by atoms with Gasteiger partial charge in [0.05, 0.1) is 16.6 Å². The van der Waals surface area contributed by atoms with Crippen LogP contribution in [0, 0.1) is 6.92 Å². The molecule has 3 aromatic carbocycles. The molecule has 0 radical (unpaired) electrons. The van der Waals surface area contributed by atoms with E-state index in [1.165, 1.54) is 0 Å². The quantitative estimate of drug-likeness (QED) is 0.371. The topological polar surface area (TPSA) is 69.6 Å². The fourth-order valence-corrected chi connectivity index (χ4v) is 4.09. The van der Waals surface area contributed by atoms with Gasteiger partial charge in [0.1, 0.15) is 12.1 Å². The van der Waals surface area contributed by atoms with Crippen molar-refractivity contribution in [2.24, 2.45) is 0 Å². The van der Waals surface area contributed by atoms with Gasteiger partial charge in [-0.15, -0.1) is 10.2 Å². The summed E-state index contributed by atoms with van der Waals surface area (Å²) in [5.74, 6) is 0.993. The third-order valence-electron chi connectivity index (χ3n) is 5.56. The number of aryl methyl sites for hydroxylation is 1. The predicted octanol–water partition coefficient (Wildman–Crippen LogP) is 5.65. The second-order valence-electron chi connectivity index (χ2n) is 7.72. The zero-order valence-corrected chi connectivity index (χ0v) is 17.4. The van der Waals surface area contributed by atoms with Gasteiger partial charge in [-0.1, -0.05) is 60.7 Å². The van der Waals surface area contributed by atoms with Gasteiger partial charge in [-0.2, -0.15) is 0 Å². The molecule has 0 bridgehead atoms. The highest BCUT2D eigenvalue weighted by atomic mass is 16.4. The van der Waals surface area contributed by atoms with Crippen LogP contribution in [-0.4, -0.2) is 24.7 Å². The smallest absolute Gasteiger partial charge is 0.240 e. The van der Waals surface area contributed by atoms with E-state index in [4.69, 9.17) is 14.4 Å². The van der Waals surface area contributed by atoms with Crippen LogP contribution in [0.3, 0.4) is 0 Å². The summed E-state index contributed by atoms with van der Waals surface area (Å²) in [6.07, 6.45) is 3.79. The molecule has 6 rings (SSSR count). The SMILES string of the molecule is Cc1cccc2c3nc4ccccc4nc3n(Cc3nnc(C=Cc4ccccc4)o3)c12. The van der Waals surface area contributed by atoms with Crippen LogP contribution in [0.5, 0.6) is 0 Å². The maximum Gasteiger partial charge on any atom is 0.240 e. The van der Waals surface area contributed by atoms with Crippen LogP contribution in [0.4, 0.5) is 0 Å². The molecule has 32 heavy (non-hydrogen) atoms. The lowest BCUT2D eigenvalue weighted by Crippen LogP contribution is -2.02. The molecule has 154 valence electrons. The maximum atomic E-state index is 5.93. The number of hydrogen-bond acceptors (Lipinski definition) is 5. The molecule has 6 nitrogen and oxygen atoms in total. The van der Waals surface area contributed by atoms with Gasteiger partial charge in [-0.25, -0.2) is 9.97 Å². The molecule has 0 spiro atoms. The molecule has 0 aliphatic heterocycles. The molecular weight excluding hydrogens is 398 g/mol. The number of benzene rings is 3. The van der Waals surface area contributed by atoms with Crippen molar-refractivity contribution < 1.29 is 4.42 Å². The Kier molecular flexibility index (Phi) is 4.28. The Bertz CT molecular complexity index is 1610. The lowest BCUT2D eigenvalue weighted by molar-refractivity contribution is 0.475. The second-order valence-corrected chi connectivity index (χ2v) is 7.72. The molecule has 0 unspecified atom stereocenters. The second kappa shape index (κ2) is 7.42. The zero-order valence-electron chi connectivity index (χ0n) is 17.4. The van der Waals surface area contributed by atoms with Crippen molar-refractivity contribution in [2.75, 3.05) is 0 Å². The average Bonchev–Trinajstić information content (AvgIpc) is 3.40. The van der Waals surface area contributed by atoms with E-state index in [-0.39, 0.29) is 0 Å². The first-order chi connectivity index (χ1) is 15.8. The molecule has 3 heterocycles. The van der Waals surface area contributed by atoms with Crippen molar-refractivity contribution in [1.29, 1.82) is 0 Å². The molecule has 6 heteroatoms. The number of rotatable bonds is 4. The standard InChI is InChI=1S/C26H19N5O/c1-17-8-7-11-19-24-26(28-21-13-6-5-12-20(21)27-24)31(25(17)19)16-23-30-29-22(32-23)15-14-18-9-3-2-4-10-18/h2-15H,16H2,1H3. The van der Waals surface area contributed by atoms with E-state index in [1.807, 2.05) is 66.7 Å². The molecule has 0 atom stereocenters. The minimum atomic E-state index is 0.421. The van der Waals surface area contributed by atoms with E-state index in [0.717, 1.165) is 44.2 Å². The van der Waals surface area contributed by atoms with E-state index < -0.39 is 0 Å². The molecule has 0 N–H and O–H groups in total. The fourth-order valence-electron chi connectivity index (χ4n) is 4.09. The lowest BCUT2D eigenvalue weighted by Gasteiger charge is -2.05. The third-order valence-corrected chi connectivity index (χ3v) is 5.56. The van der Waals surface area contributed by atoms with Crippen LogP contribution in [-0.2, 0) is 6.54 Å². The van der Waals surface area contributed by atoms with Crippen molar-refractivity contribution >= 4 is 45.3 Å². The van der Waals surface area contributed by atoms with Crippen molar-refractivity contribution in [2.45, 2.75) is 13.5 Å². The number of para-hydroxylation sites is 3. The Labute approximate surface area is 183 Å². The Morgan fingerprint density at radius 2 is 1.59 bits per heavy atom. The zero-order chi connectivity index (χ0) is 21.5. The van der Waals surface area contributed by atoms with Gasteiger partial charge in [0.25, 0.3) is 0 Å². The maximum absolute atomic E-state index is 5.93. The summed E-state index contributed by atoms with van der Waals surface area (Å²) in [5.41, 5.74) is 6.74. The first kappa shape index (κ1) is 18.4. The van der Waals surface area contributed by atoms with Crippen LogP contribution < -0.4 is 0 Å². The fraction of sp³-hybridized carbons (Fsp3) is 0.0769. The first-order valence-corrected chi connectivity index (χ1v) is 10.5. The van der Waals surface area contributed by atoms with E-state index >= 15 is 0 Å². The van der Waals surface area contributed by atoms with Crippen molar-refractivity contribution in [1.82, 2.24) is 24.7 Å². The summed E-state index contributed by atoms with van der Waals surface area (Å²) < 4.78 is 8.05. The van der Waals surface area contributed by atoms with E-state index in [9.17, 15) is 0 Å². The molecule has 3 aromatic heterocycles. The van der Waals surface area contributed by atoms with Crippen LogP contribution in [0.15, 0.2) is 77.2 Å². The Hall–Kier alpha value is -4.32. The molecule has 0 aliphatic carbocycles. The van der Waals surface area contributed by atoms with E-state index in [0.29, 0.717) is 18.3 Å². The van der Waals surface area contributed by atoms with Crippen LogP contribution in [0.25, 0.3) is 45.3 Å². The van der Waals surface area contributed by atoms with Gasteiger partial charge < -0.3 is 8.98 Å². The minimum Gasteiger partial charge on any atom is -0.419 e. The number of hydrogen-bond donors (Lipinski definition) is 0. The highest BCUT2D eigenvalue weighted by Crippen LogP contribution is 2.31. The minimum absolute atomic E-state index is 0.421. The van der Waals surface area contributed by atoms with Gasteiger partial charge in [0.15, 0.2) is 5.65 Å². The molecule has 0 fully saturated rings. The summed E-state index contributed by atoms with van der Waals surface area (Å²) in [5, 5.41) is 9.53. The third kappa shape index (κ3) is 3.13. The van der Waals surface area contributed by atoms with Gasteiger partial charge >= 0.3 is 0 Å². The van der Waals surface area contributed by atoms with Gasteiger partial charge in [0, 0.05) is 11.5 Å². The normalized spacial score (nSPS) is 11.9. The molecule has 0 amide bonds. The van der Waals surface area contributed by atoms with Crippen molar-refractivity contribution in [3.05, 3.63) is 95.7 Å². The van der Waals surface area contributed by atoms with Crippen LogP contribution in [0.1, 0.15) is 22.9 Å². The predicted molar refractivity (Wildman–Crippen MR) is 126 cm³/mol. The van der Waals surface area contributed by atoms with Crippen LogP contribution in [0.2, 0.25) is 0 Å². The summed E-state index contributed by atoms with van der Waals surface area (Å²) in [6, 6.07) is 24.2. The number of nitrogens with zero attached hydrogens (tertiary/aromatic N) is 5. The van der Waals surface area contributed by atoms with Crippen molar-refractivity contribution in [3.63, 3.8) is 0 Å². The van der Waals surface area contributed by atoms with E-state index in [2.05, 4.69) is 39.9 Å². The van der Waals surface area contributed by atoms with Crippen molar-refractivity contribution in [3.8, 4) is 0 Å². The molecule has 6 aromatic rings. The lowest BCUT2D eigenvalue weighted by atomic mass is 10.1. The molecule has 0 saturated carbocycles. The highest BCUT2D eigenvalue weighted by Gasteiger charge is 2.18. The summed E-state index contributed by atoms with van der Waals surface area (Å²) >= 11 is 0. The number of aromatic nitrogens is 5. The summed E-state index contributed by atoms with van der Waals surface area (Å²) in [4.78, 5) is 9.85. The van der Waals surface area contributed by atoms with Gasteiger partial charge in [-0.3, -0.25) is 0 Å². The molecular formula is C26H19N5O. The Morgan fingerprint density at radius 3 is 2.44 bits per heavy atom. The summed E-state index contributed by atoms with van der Waals surface area (Å²) in [6.45, 7) is 2.52. The first-order valence-electron chi connectivity index (χ1n) is 10.5. The number of fused-ring (bicyclic) bond motifs is 4. The molecule has 0 saturated heterocycles. The summed E-state index contributed by atoms with van der Waals surface area (Å²) in [7, 11) is 0. The highest BCUT2D eigenvalue weighted by molar-refractivity contribution is 6.07. The molecule has 0 aliphatic rings.